The fourth-order valence-electron chi connectivity index (χ4n) is 9.12. The van der Waals surface area contributed by atoms with Gasteiger partial charge in [0.1, 0.15) is 13.2 Å². The van der Waals surface area contributed by atoms with Crippen LogP contribution in [0.2, 0.25) is 0 Å². The summed E-state index contributed by atoms with van der Waals surface area (Å²) in [5.41, 5.74) is 0. The van der Waals surface area contributed by atoms with E-state index in [1.165, 1.54) is 205 Å². The zero-order valence-corrected chi connectivity index (χ0v) is 48.2. The minimum atomic E-state index is -4.33. The van der Waals surface area contributed by atoms with Crippen LogP contribution < -0.4 is 5.32 Å². The quantitative estimate of drug-likeness (QED) is 0.0243. The first-order chi connectivity index (χ1) is 34.0. The average molecular weight is 1010 g/mol. The molecule has 3 N–H and O–H groups in total. The molecule has 0 saturated heterocycles. The third kappa shape index (κ3) is 54.5. The number of hydrogen-bond acceptors (Lipinski definition) is 5. The average Bonchev–Trinajstić information content (AvgIpc) is 3.32. The van der Waals surface area contributed by atoms with Crippen LogP contribution >= 0.6 is 7.82 Å². The second kappa shape index (κ2) is 52.6. The van der Waals surface area contributed by atoms with Crippen molar-refractivity contribution in [3.63, 3.8) is 0 Å². The lowest BCUT2D eigenvalue weighted by Gasteiger charge is -2.26. The van der Waals surface area contributed by atoms with E-state index in [9.17, 15) is 19.4 Å². The van der Waals surface area contributed by atoms with Gasteiger partial charge < -0.3 is 19.8 Å². The van der Waals surface area contributed by atoms with E-state index in [1.807, 2.05) is 21.1 Å². The van der Waals surface area contributed by atoms with Crippen LogP contribution in [-0.4, -0.2) is 73.4 Å². The Morgan fingerprint density at radius 2 is 0.814 bits per heavy atom. The van der Waals surface area contributed by atoms with Gasteiger partial charge in [0.15, 0.2) is 0 Å². The van der Waals surface area contributed by atoms with E-state index in [0.29, 0.717) is 23.9 Å². The molecule has 9 heteroatoms. The molecule has 414 valence electrons. The van der Waals surface area contributed by atoms with Gasteiger partial charge in [-0.05, 0) is 51.4 Å². The van der Waals surface area contributed by atoms with Gasteiger partial charge in [0.2, 0.25) is 5.91 Å². The maximum Gasteiger partial charge on any atom is 0.472 e. The van der Waals surface area contributed by atoms with Crippen LogP contribution in [0.4, 0.5) is 0 Å². The number of carbonyl (C=O) groups is 1. The molecular weight excluding hydrogens is 888 g/mol. The van der Waals surface area contributed by atoms with Crippen molar-refractivity contribution in [2.24, 2.45) is 0 Å². The summed E-state index contributed by atoms with van der Waals surface area (Å²) in [5.74, 6) is -0.154. The molecule has 3 atom stereocenters. The van der Waals surface area contributed by atoms with Gasteiger partial charge in [0, 0.05) is 6.42 Å². The molecule has 0 aliphatic rings. The molecule has 70 heavy (non-hydrogen) atoms. The summed E-state index contributed by atoms with van der Waals surface area (Å²) >= 11 is 0. The third-order valence-electron chi connectivity index (χ3n) is 13.9. The molecule has 3 unspecified atom stereocenters. The highest BCUT2D eigenvalue weighted by Gasteiger charge is 2.28. The minimum absolute atomic E-state index is 0.0718. The van der Waals surface area contributed by atoms with E-state index in [2.05, 4.69) is 55.6 Å². The number of nitrogens with one attached hydrogen (secondary N) is 1. The number of quaternary nitrogens is 1. The highest BCUT2D eigenvalue weighted by Crippen LogP contribution is 2.43. The lowest BCUT2D eigenvalue weighted by Crippen LogP contribution is -2.46. The molecular formula is C61H120N2O6P+. The van der Waals surface area contributed by atoms with Crippen LogP contribution in [0.3, 0.4) is 0 Å². The van der Waals surface area contributed by atoms with Crippen molar-refractivity contribution >= 4 is 13.7 Å². The van der Waals surface area contributed by atoms with Gasteiger partial charge in [0.05, 0.1) is 39.9 Å². The molecule has 8 nitrogen and oxygen atoms in total. The first-order valence-electron chi connectivity index (χ1n) is 30.4. The van der Waals surface area contributed by atoms with E-state index in [4.69, 9.17) is 9.05 Å². The van der Waals surface area contributed by atoms with Crippen LogP contribution in [0.25, 0.3) is 0 Å². The summed E-state index contributed by atoms with van der Waals surface area (Å²) in [6.45, 7) is 4.89. The standard InChI is InChI=1S/C61H119N2O6P/c1-6-8-10-12-14-16-18-20-22-24-26-27-28-29-30-31-32-33-34-35-37-38-40-42-44-46-48-50-52-54-60(64)59(58-69-70(66,67)68-57-56-63(3,4)5)62-61(65)55-53-51-49-47-45-43-41-39-36-25-23-21-19-17-15-13-11-9-7-2/h15,17,21,23,36,39,59-60,64H,6-14,16,18-20,22,24-35,37-38,40-58H2,1-5H3,(H-,62,65,66,67)/p+1/b17-15-,23-21-,39-36-. The number of aliphatic hydroxyl groups is 1. The number of unbranched alkanes of at least 4 members (excludes halogenated alkanes) is 37. The van der Waals surface area contributed by atoms with E-state index in [-0.39, 0.29) is 19.1 Å². The lowest BCUT2D eigenvalue weighted by molar-refractivity contribution is -0.870. The van der Waals surface area contributed by atoms with Crippen LogP contribution in [0.15, 0.2) is 36.5 Å². The molecule has 0 heterocycles. The summed E-state index contributed by atoms with van der Waals surface area (Å²) in [6.07, 6.45) is 67.8. The summed E-state index contributed by atoms with van der Waals surface area (Å²) in [5, 5.41) is 14.1. The van der Waals surface area contributed by atoms with Crippen LogP contribution in [0, 0.1) is 0 Å². The number of rotatable bonds is 56. The molecule has 0 aromatic rings. The Bertz CT molecular complexity index is 1230. The predicted molar refractivity (Wildman–Crippen MR) is 304 cm³/mol. The Balaban J connectivity index is 4.10. The number of allylic oxidation sites excluding steroid dienone is 6. The molecule has 0 fully saturated rings. The van der Waals surface area contributed by atoms with E-state index < -0.39 is 20.0 Å². The Kier molecular flexibility index (Phi) is 51.6. The number of phosphoric acid groups is 1. The molecule has 0 radical (unpaired) electrons. The highest BCUT2D eigenvalue weighted by molar-refractivity contribution is 7.47. The topological polar surface area (TPSA) is 105 Å². The summed E-state index contributed by atoms with van der Waals surface area (Å²) in [7, 11) is 1.61. The number of likely N-dealkylation sites (N-methyl/N-ethyl adjacent to an activating group) is 1. The van der Waals surface area contributed by atoms with Crippen molar-refractivity contribution in [2.75, 3.05) is 40.9 Å². The molecule has 0 aromatic carbocycles. The van der Waals surface area contributed by atoms with E-state index >= 15 is 0 Å². The number of amides is 1. The predicted octanol–water partition coefficient (Wildman–Crippen LogP) is 18.5. The number of carbonyl (C=O) groups excluding carboxylic acids is 1. The minimum Gasteiger partial charge on any atom is -0.391 e. The van der Waals surface area contributed by atoms with Crippen molar-refractivity contribution in [1.29, 1.82) is 0 Å². The van der Waals surface area contributed by atoms with Gasteiger partial charge in [0.25, 0.3) is 0 Å². The van der Waals surface area contributed by atoms with Crippen molar-refractivity contribution in [3.8, 4) is 0 Å². The van der Waals surface area contributed by atoms with E-state index in [0.717, 1.165) is 64.2 Å². The smallest absolute Gasteiger partial charge is 0.391 e. The number of nitrogens with zero attached hydrogens (tertiary/aromatic N) is 1. The Labute approximate surface area is 436 Å². The summed E-state index contributed by atoms with van der Waals surface area (Å²) in [4.78, 5) is 23.3. The van der Waals surface area contributed by atoms with Gasteiger partial charge >= 0.3 is 7.82 Å². The zero-order chi connectivity index (χ0) is 51.3. The monoisotopic (exact) mass is 1010 g/mol. The summed E-state index contributed by atoms with van der Waals surface area (Å²) < 4.78 is 23.8. The van der Waals surface area contributed by atoms with Crippen molar-refractivity contribution in [2.45, 2.75) is 309 Å². The van der Waals surface area contributed by atoms with Crippen LogP contribution in [0.1, 0.15) is 296 Å². The summed E-state index contributed by atoms with van der Waals surface area (Å²) in [6, 6.07) is -0.769. The highest BCUT2D eigenvalue weighted by atomic mass is 31.2. The molecule has 0 bridgehead atoms. The van der Waals surface area contributed by atoms with Gasteiger partial charge in [-0.15, -0.1) is 0 Å². The second-order valence-electron chi connectivity index (χ2n) is 22.1. The van der Waals surface area contributed by atoms with Gasteiger partial charge in [-0.3, -0.25) is 13.8 Å². The molecule has 0 saturated carbocycles. The largest absolute Gasteiger partial charge is 0.472 e. The zero-order valence-electron chi connectivity index (χ0n) is 47.3. The van der Waals surface area contributed by atoms with Crippen molar-refractivity contribution < 1.29 is 32.9 Å². The number of aliphatic hydroxyl groups excluding tert-OH is 1. The van der Waals surface area contributed by atoms with Gasteiger partial charge in [-0.25, -0.2) is 4.57 Å². The molecule has 0 aliphatic heterocycles. The number of hydrogen-bond donors (Lipinski definition) is 3. The number of phosphoric ester groups is 1. The first-order valence-corrected chi connectivity index (χ1v) is 31.8. The maximum absolute atomic E-state index is 13.0. The molecule has 0 spiro atoms. The third-order valence-corrected chi connectivity index (χ3v) is 14.9. The second-order valence-corrected chi connectivity index (χ2v) is 23.5. The Morgan fingerprint density at radius 1 is 0.486 bits per heavy atom. The van der Waals surface area contributed by atoms with E-state index in [1.54, 1.807) is 0 Å². The maximum atomic E-state index is 13.0. The first kappa shape index (κ1) is 68.7. The SMILES string of the molecule is CCCCC/C=C\C/C=C\C/C=C\CCCCCCCCC(=O)NC(COP(=O)(O)OCC[N+](C)(C)C)C(O)CCCCCCCCCCCCCCCCCCCCCCCCCCCCCCC. The van der Waals surface area contributed by atoms with Crippen molar-refractivity contribution in [1.82, 2.24) is 5.32 Å². The fourth-order valence-corrected chi connectivity index (χ4v) is 9.85. The normalized spacial score (nSPS) is 14.1. The molecule has 0 rings (SSSR count). The molecule has 1 amide bonds. The van der Waals surface area contributed by atoms with Gasteiger partial charge in [-0.1, -0.05) is 275 Å². The molecule has 0 aliphatic carbocycles. The van der Waals surface area contributed by atoms with Gasteiger partial charge in [-0.2, -0.15) is 0 Å². The van der Waals surface area contributed by atoms with Crippen LogP contribution in [0.5, 0.6) is 0 Å². The lowest BCUT2D eigenvalue weighted by atomic mass is 10.0. The Hall–Kier alpha value is -1.28. The Morgan fingerprint density at radius 3 is 1.21 bits per heavy atom. The fraction of sp³-hybridized carbons (Fsp3) is 0.885. The van der Waals surface area contributed by atoms with Crippen molar-refractivity contribution in [3.05, 3.63) is 36.5 Å². The van der Waals surface area contributed by atoms with Crippen LogP contribution in [-0.2, 0) is 18.4 Å². The molecule has 0 aromatic heterocycles.